The van der Waals surface area contributed by atoms with Crippen molar-refractivity contribution in [2.45, 2.75) is 27.7 Å². The van der Waals surface area contributed by atoms with Gasteiger partial charge in [-0.3, -0.25) is 9.98 Å². The minimum absolute atomic E-state index is 1.00. The molecule has 0 aliphatic heterocycles. The maximum Gasteiger partial charge on any atom is 0.0688 e. The van der Waals surface area contributed by atoms with Crippen molar-refractivity contribution < 1.29 is 0 Å². The summed E-state index contributed by atoms with van der Waals surface area (Å²) >= 11 is 0. The first-order chi connectivity index (χ1) is 16.0. The number of benzene rings is 4. The number of para-hydroxylation sites is 4. The monoisotopic (exact) mass is 431 g/mol. The second-order valence-corrected chi connectivity index (χ2v) is 8.30. The van der Waals surface area contributed by atoms with Crippen LogP contribution in [-0.2, 0) is 0 Å². The van der Waals surface area contributed by atoms with Gasteiger partial charge < -0.3 is 5.32 Å². The highest BCUT2D eigenvalue weighted by atomic mass is 14.9. The third-order valence-electron chi connectivity index (χ3n) is 5.74. The molecule has 164 valence electrons. The van der Waals surface area contributed by atoms with Crippen molar-refractivity contribution in [3.63, 3.8) is 0 Å². The van der Waals surface area contributed by atoms with E-state index in [1.807, 2.05) is 36.7 Å². The summed E-state index contributed by atoms with van der Waals surface area (Å²) in [5, 5.41) is 3.59. The molecule has 33 heavy (non-hydrogen) atoms. The predicted molar refractivity (Wildman–Crippen MR) is 143 cm³/mol. The molecule has 1 N–H and O–H groups in total. The summed E-state index contributed by atoms with van der Waals surface area (Å²) in [7, 11) is 0. The fourth-order valence-corrected chi connectivity index (χ4v) is 3.88. The molecule has 0 unspecified atom stereocenters. The highest BCUT2D eigenvalue weighted by molar-refractivity contribution is 5.94. The Hall–Kier alpha value is -3.98. The maximum atomic E-state index is 4.80. The van der Waals surface area contributed by atoms with E-state index in [-0.39, 0.29) is 0 Å². The van der Waals surface area contributed by atoms with E-state index in [4.69, 9.17) is 9.98 Å². The second-order valence-electron chi connectivity index (χ2n) is 8.30. The van der Waals surface area contributed by atoms with E-state index in [9.17, 15) is 0 Å². The average molecular weight is 432 g/mol. The summed E-state index contributed by atoms with van der Waals surface area (Å²) in [6.07, 6.45) is 3.87. The normalized spacial score (nSPS) is 11.4. The highest BCUT2D eigenvalue weighted by Gasteiger charge is 2.06. The van der Waals surface area contributed by atoms with Gasteiger partial charge in [0.15, 0.2) is 0 Å². The van der Waals surface area contributed by atoms with E-state index in [0.717, 1.165) is 33.9 Å². The van der Waals surface area contributed by atoms with Crippen LogP contribution in [0.25, 0.3) is 0 Å². The van der Waals surface area contributed by atoms with Gasteiger partial charge in [0.2, 0.25) is 0 Å². The first-order valence-corrected chi connectivity index (χ1v) is 11.2. The molecular formula is C30H29N3. The molecule has 0 saturated carbocycles. The molecule has 0 aromatic heterocycles. The Bertz CT molecular complexity index is 1190. The van der Waals surface area contributed by atoms with E-state index >= 15 is 0 Å². The molecule has 0 spiro atoms. The predicted octanol–water partition coefficient (Wildman–Crippen LogP) is 8.17. The van der Waals surface area contributed by atoms with Gasteiger partial charge in [-0.05, 0) is 62.1 Å². The molecule has 4 aromatic rings. The van der Waals surface area contributed by atoms with Gasteiger partial charge in [0.25, 0.3) is 0 Å². The van der Waals surface area contributed by atoms with Gasteiger partial charge in [0.1, 0.15) is 0 Å². The lowest BCUT2D eigenvalue weighted by Gasteiger charge is -2.12. The quantitative estimate of drug-likeness (QED) is 0.307. The van der Waals surface area contributed by atoms with E-state index in [1.165, 1.54) is 22.3 Å². The molecule has 4 aromatic carbocycles. The summed E-state index contributed by atoms with van der Waals surface area (Å²) in [6, 6.07) is 28.9. The van der Waals surface area contributed by atoms with Gasteiger partial charge in [-0.1, -0.05) is 72.8 Å². The van der Waals surface area contributed by atoms with Crippen LogP contribution in [0.5, 0.6) is 0 Å². The van der Waals surface area contributed by atoms with Crippen LogP contribution in [0.15, 0.2) is 94.9 Å². The van der Waals surface area contributed by atoms with E-state index < -0.39 is 0 Å². The Labute approximate surface area is 196 Å². The van der Waals surface area contributed by atoms with Crippen molar-refractivity contribution in [3.05, 3.63) is 118 Å². The fraction of sp³-hybridized carbons (Fsp3) is 0.133. The SMILES string of the molecule is Cc1cccc(C)c1/N=C/c1ccccc1Nc1ccccc1/C=N/c1c(C)cccc1C. The Balaban J connectivity index is 1.64. The van der Waals surface area contributed by atoms with Crippen LogP contribution in [0.4, 0.5) is 22.7 Å². The maximum absolute atomic E-state index is 4.80. The van der Waals surface area contributed by atoms with Crippen molar-refractivity contribution in [2.24, 2.45) is 9.98 Å². The van der Waals surface area contributed by atoms with Gasteiger partial charge in [-0.15, -0.1) is 0 Å². The van der Waals surface area contributed by atoms with Gasteiger partial charge in [0.05, 0.1) is 11.4 Å². The second kappa shape index (κ2) is 10.1. The van der Waals surface area contributed by atoms with Gasteiger partial charge in [-0.25, -0.2) is 0 Å². The van der Waals surface area contributed by atoms with Crippen LogP contribution in [0.1, 0.15) is 33.4 Å². The van der Waals surface area contributed by atoms with E-state index in [2.05, 4.69) is 93.7 Å². The molecule has 0 bridgehead atoms. The summed E-state index contributed by atoms with van der Waals surface area (Å²) < 4.78 is 0. The zero-order valence-electron chi connectivity index (χ0n) is 19.6. The zero-order chi connectivity index (χ0) is 23.2. The van der Waals surface area contributed by atoms with Gasteiger partial charge >= 0.3 is 0 Å². The van der Waals surface area contributed by atoms with Crippen LogP contribution in [0.2, 0.25) is 0 Å². The first-order valence-electron chi connectivity index (χ1n) is 11.2. The third-order valence-corrected chi connectivity index (χ3v) is 5.74. The number of rotatable bonds is 6. The molecule has 0 radical (unpaired) electrons. The lowest BCUT2D eigenvalue weighted by atomic mass is 10.1. The highest BCUT2D eigenvalue weighted by Crippen LogP contribution is 2.27. The molecule has 0 aliphatic carbocycles. The number of hydrogen-bond donors (Lipinski definition) is 1. The minimum atomic E-state index is 1.00. The molecule has 0 amide bonds. The van der Waals surface area contributed by atoms with Gasteiger partial charge in [-0.2, -0.15) is 0 Å². The summed E-state index contributed by atoms with van der Waals surface area (Å²) in [5.41, 5.74) is 10.8. The van der Waals surface area contributed by atoms with E-state index in [1.54, 1.807) is 0 Å². The molecule has 0 aliphatic rings. The van der Waals surface area contributed by atoms with Crippen LogP contribution in [-0.4, -0.2) is 12.4 Å². The lowest BCUT2D eigenvalue weighted by molar-refractivity contribution is 1.33. The van der Waals surface area contributed by atoms with Crippen molar-refractivity contribution in [3.8, 4) is 0 Å². The smallest absolute Gasteiger partial charge is 0.0688 e. The van der Waals surface area contributed by atoms with Crippen molar-refractivity contribution in [1.29, 1.82) is 0 Å². The Kier molecular flexibility index (Phi) is 6.80. The molecule has 0 heterocycles. The van der Waals surface area contributed by atoms with Crippen LogP contribution in [0, 0.1) is 27.7 Å². The average Bonchev–Trinajstić information content (AvgIpc) is 2.80. The first kappa shape index (κ1) is 22.2. The molecule has 0 atom stereocenters. The third kappa shape index (κ3) is 5.27. The zero-order valence-corrected chi connectivity index (χ0v) is 19.6. The molecule has 4 rings (SSSR count). The number of nitrogens with zero attached hydrogens (tertiary/aromatic N) is 2. The topological polar surface area (TPSA) is 36.8 Å². The fourth-order valence-electron chi connectivity index (χ4n) is 3.88. The Morgan fingerprint density at radius 2 is 0.848 bits per heavy atom. The summed E-state index contributed by atoms with van der Waals surface area (Å²) in [5.74, 6) is 0. The standard InChI is InChI=1S/C30H29N3/c1-21-11-9-12-22(2)29(21)31-19-25-15-5-7-17-27(25)33-28-18-8-6-16-26(28)20-32-30-23(3)13-10-14-24(30)4/h5-20,33H,1-4H3/b31-19+,32-20+. The van der Waals surface area contributed by atoms with Crippen molar-refractivity contribution in [1.82, 2.24) is 0 Å². The number of hydrogen-bond acceptors (Lipinski definition) is 3. The Morgan fingerprint density at radius 3 is 1.24 bits per heavy atom. The van der Waals surface area contributed by atoms with Crippen molar-refractivity contribution >= 4 is 35.2 Å². The Morgan fingerprint density at radius 1 is 0.485 bits per heavy atom. The molecular weight excluding hydrogens is 402 g/mol. The van der Waals surface area contributed by atoms with Crippen LogP contribution >= 0.6 is 0 Å². The number of anilines is 2. The van der Waals surface area contributed by atoms with Crippen LogP contribution < -0.4 is 5.32 Å². The van der Waals surface area contributed by atoms with E-state index in [0.29, 0.717) is 0 Å². The molecule has 0 fully saturated rings. The minimum Gasteiger partial charge on any atom is -0.354 e. The van der Waals surface area contributed by atoms with Crippen LogP contribution in [0.3, 0.4) is 0 Å². The number of nitrogens with one attached hydrogen (secondary N) is 1. The largest absolute Gasteiger partial charge is 0.354 e. The van der Waals surface area contributed by atoms with Gasteiger partial charge in [0, 0.05) is 34.9 Å². The molecule has 3 nitrogen and oxygen atoms in total. The van der Waals surface area contributed by atoms with Crippen molar-refractivity contribution in [2.75, 3.05) is 5.32 Å². The lowest BCUT2D eigenvalue weighted by Crippen LogP contribution is -1.99. The number of aliphatic imine (C=N–C) groups is 2. The molecule has 3 heteroatoms. The molecule has 0 saturated heterocycles. The summed E-state index contributed by atoms with van der Waals surface area (Å²) in [6.45, 7) is 8.37. The summed E-state index contributed by atoms with van der Waals surface area (Å²) in [4.78, 5) is 9.61. The number of aryl methyl sites for hydroxylation is 4.